The molecule has 18 heavy (non-hydrogen) atoms. The molecule has 0 aliphatic carbocycles. The molecule has 1 aromatic heterocycles. The lowest BCUT2D eigenvalue weighted by atomic mass is 10.2. The van der Waals surface area contributed by atoms with Crippen molar-refractivity contribution in [3.05, 3.63) is 12.4 Å². The second-order valence-electron chi connectivity index (χ2n) is 4.00. The highest BCUT2D eigenvalue weighted by Gasteiger charge is 2.16. The number of carbonyl (C=O) groups excluding carboxylic acids is 1. The van der Waals surface area contributed by atoms with Crippen LogP contribution in [0.4, 0.5) is 5.82 Å². The highest BCUT2D eigenvalue weighted by Crippen LogP contribution is 2.24. The van der Waals surface area contributed by atoms with Gasteiger partial charge in [0.2, 0.25) is 5.91 Å². The van der Waals surface area contributed by atoms with Gasteiger partial charge in [-0.3, -0.25) is 4.79 Å². The van der Waals surface area contributed by atoms with E-state index in [1.54, 1.807) is 6.20 Å². The van der Waals surface area contributed by atoms with Gasteiger partial charge in [0, 0.05) is 18.9 Å². The van der Waals surface area contributed by atoms with Crippen molar-refractivity contribution in [1.82, 2.24) is 15.3 Å². The molecule has 1 atom stereocenters. The lowest BCUT2D eigenvalue weighted by Crippen LogP contribution is -2.31. The fraction of sp³-hybridized carbons (Fsp3) is 0.583. The highest BCUT2D eigenvalue weighted by molar-refractivity contribution is 8.00. The molecule has 6 heteroatoms. The first-order valence-corrected chi connectivity index (χ1v) is 7.04. The van der Waals surface area contributed by atoms with Crippen LogP contribution in [0.1, 0.15) is 33.1 Å². The Balaban J connectivity index is 2.38. The number of hydrogen-bond acceptors (Lipinski definition) is 5. The molecule has 0 radical (unpaired) electrons. The van der Waals surface area contributed by atoms with Crippen molar-refractivity contribution in [3.63, 3.8) is 0 Å². The van der Waals surface area contributed by atoms with Gasteiger partial charge in [-0.25, -0.2) is 9.97 Å². The van der Waals surface area contributed by atoms with Gasteiger partial charge in [-0.05, 0) is 13.3 Å². The molecule has 1 rings (SSSR count). The van der Waals surface area contributed by atoms with E-state index < -0.39 is 0 Å². The lowest BCUT2D eigenvalue weighted by Gasteiger charge is -2.11. The molecule has 5 nitrogen and oxygen atoms in total. The van der Waals surface area contributed by atoms with E-state index in [0.717, 1.165) is 25.8 Å². The SMILES string of the molecule is CCCCCNC(=O)C(C)Sc1nccnc1N. The zero-order chi connectivity index (χ0) is 13.4. The summed E-state index contributed by atoms with van der Waals surface area (Å²) >= 11 is 1.33. The number of hydrogen-bond donors (Lipinski definition) is 2. The summed E-state index contributed by atoms with van der Waals surface area (Å²) in [5.74, 6) is 0.384. The second-order valence-corrected chi connectivity index (χ2v) is 5.33. The lowest BCUT2D eigenvalue weighted by molar-refractivity contribution is -0.120. The molecule has 1 aromatic rings. The molecule has 1 amide bonds. The smallest absolute Gasteiger partial charge is 0.233 e. The molecule has 0 aromatic carbocycles. The highest BCUT2D eigenvalue weighted by atomic mass is 32.2. The maximum absolute atomic E-state index is 11.8. The van der Waals surface area contributed by atoms with Gasteiger partial charge in [0.1, 0.15) is 5.03 Å². The van der Waals surface area contributed by atoms with Gasteiger partial charge in [-0.1, -0.05) is 31.5 Å². The quantitative estimate of drug-likeness (QED) is 0.582. The Bertz CT molecular complexity index is 386. The summed E-state index contributed by atoms with van der Waals surface area (Å²) in [6.45, 7) is 4.71. The molecule has 0 bridgehead atoms. The topological polar surface area (TPSA) is 80.9 Å². The van der Waals surface area contributed by atoms with Gasteiger partial charge in [0.15, 0.2) is 5.82 Å². The minimum atomic E-state index is -0.217. The van der Waals surface area contributed by atoms with Crippen LogP contribution < -0.4 is 11.1 Å². The van der Waals surface area contributed by atoms with E-state index >= 15 is 0 Å². The number of nitrogen functional groups attached to an aromatic ring is 1. The van der Waals surface area contributed by atoms with E-state index in [4.69, 9.17) is 5.73 Å². The van der Waals surface area contributed by atoms with Gasteiger partial charge >= 0.3 is 0 Å². The molecular formula is C12H20N4OS. The van der Waals surface area contributed by atoms with Crippen LogP contribution in [0.25, 0.3) is 0 Å². The van der Waals surface area contributed by atoms with Crippen molar-refractivity contribution in [2.24, 2.45) is 0 Å². The molecule has 0 saturated carbocycles. The van der Waals surface area contributed by atoms with Crippen LogP contribution in [0, 0.1) is 0 Å². The fourth-order valence-corrected chi connectivity index (χ4v) is 2.20. The first kappa shape index (κ1) is 14.8. The first-order valence-electron chi connectivity index (χ1n) is 6.16. The summed E-state index contributed by atoms with van der Waals surface area (Å²) < 4.78 is 0. The van der Waals surface area contributed by atoms with Gasteiger partial charge in [-0.2, -0.15) is 0 Å². The number of nitrogens with two attached hydrogens (primary N) is 1. The van der Waals surface area contributed by atoms with Crippen LogP contribution in [-0.2, 0) is 4.79 Å². The summed E-state index contributed by atoms with van der Waals surface area (Å²) in [6, 6.07) is 0. The Hall–Kier alpha value is -1.30. The molecule has 0 spiro atoms. The molecular weight excluding hydrogens is 248 g/mol. The number of unbranched alkanes of at least 4 members (excludes halogenated alkanes) is 2. The van der Waals surface area contributed by atoms with Crippen LogP contribution >= 0.6 is 11.8 Å². The Kier molecular flexibility index (Phi) is 6.49. The van der Waals surface area contributed by atoms with Gasteiger partial charge in [0.25, 0.3) is 0 Å². The monoisotopic (exact) mass is 268 g/mol. The van der Waals surface area contributed by atoms with Gasteiger partial charge in [-0.15, -0.1) is 0 Å². The molecule has 0 aliphatic rings. The summed E-state index contributed by atoms with van der Waals surface area (Å²) in [4.78, 5) is 19.8. The minimum absolute atomic E-state index is 0.0150. The number of aromatic nitrogens is 2. The second kappa shape index (κ2) is 7.92. The van der Waals surface area contributed by atoms with E-state index in [1.165, 1.54) is 18.0 Å². The number of carbonyl (C=O) groups is 1. The van der Waals surface area contributed by atoms with Crippen molar-refractivity contribution in [3.8, 4) is 0 Å². The Morgan fingerprint density at radius 2 is 2.17 bits per heavy atom. The van der Waals surface area contributed by atoms with E-state index in [9.17, 15) is 4.79 Å². The maximum atomic E-state index is 11.8. The summed E-state index contributed by atoms with van der Waals surface area (Å²) in [7, 11) is 0. The minimum Gasteiger partial charge on any atom is -0.381 e. The van der Waals surface area contributed by atoms with Crippen molar-refractivity contribution < 1.29 is 4.79 Å². The Labute approximate surface area is 112 Å². The largest absolute Gasteiger partial charge is 0.381 e. The van der Waals surface area contributed by atoms with Crippen molar-refractivity contribution >= 4 is 23.5 Å². The molecule has 3 N–H and O–H groups in total. The van der Waals surface area contributed by atoms with Crippen LogP contribution in [0.15, 0.2) is 17.4 Å². The first-order chi connectivity index (χ1) is 8.65. The Morgan fingerprint density at radius 3 is 2.83 bits per heavy atom. The summed E-state index contributed by atoms with van der Waals surface area (Å²) in [6.07, 6.45) is 6.42. The number of nitrogens with zero attached hydrogens (tertiary/aromatic N) is 2. The Morgan fingerprint density at radius 1 is 1.44 bits per heavy atom. The normalized spacial score (nSPS) is 12.1. The van der Waals surface area contributed by atoms with E-state index in [2.05, 4.69) is 22.2 Å². The fourth-order valence-electron chi connectivity index (χ4n) is 1.38. The van der Waals surface area contributed by atoms with Crippen molar-refractivity contribution in [2.45, 2.75) is 43.4 Å². The molecule has 100 valence electrons. The summed E-state index contributed by atoms with van der Waals surface area (Å²) in [5, 5.41) is 3.30. The van der Waals surface area contributed by atoms with Gasteiger partial charge < -0.3 is 11.1 Å². The van der Waals surface area contributed by atoms with E-state index in [-0.39, 0.29) is 11.2 Å². The third-order valence-electron chi connectivity index (χ3n) is 2.43. The molecule has 0 saturated heterocycles. The van der Waals surface area contributed by atoms with Crippen molar-refractivity contribution in [1.29, 1.82) is 0 Å². The number of anilines is 1. The molecule has 0 fully saturated rings. The van der Waals surface area contributed by atoms with Crippen LogP contribution in [0.3, 0.4) is 0 Å². The standard InChI is InChI=1S/C12H20N4OS/c1-3-4-5-6-15-11(17)9(2)18-12-10(13)14-7-8-16-12/h7-9H,3-6H2,1-2H3,(H2,13,14)(H,15,17). The van der Waals surface area contributed by atoms with E-state index in [1.807, 2.05) is 6.92 Å². The number of thioether (sulfide) groups is 1. The van der Waals surface area contributed by atoms with Crippen LogP contribution in [0.5, 0.6) is 0 Å². The predicted octanol–water partition coefficient (Wildman–Crippen LogP) is 1.85. The van der Waals surface area contributed by atoms with Crippen LogP contribution in [-0.4, -0.2) is 27.7 Å². The zero-order valence-electron chi connectivity index (χ0n) is 10.8. The van der Waals surface area contributed by atoms with E-state index in [0.29, 0.717) is 10.8 Å². The molecule has 1 unspecified atom stereocenters. The van der Waals surface area contributed by atoms with Crippen LogP contribution in [0.2, 0.25) is 0 Å². The zero-order valence-corrected chi connectivity index (χ0v) is 11.7. The predicted molar refractivity (Wildman–Crippen MR) is 74.3 cm³/mol. The number of rotatable bonds is 7. The third-order valence-corrected chi connectivity index (χ3v) is 3.53. The molecule has 0 aliphatic heterocycles. The third kappa shape index (κ3) is 4.91. The summed E-state index contributed by atoms with van der Waals surface area (Å²) in [5.41, 5.74) is 5.68. The van der Waals surface area contributed by atoms with Gasteiger partial charge in [0.05, 0.1) is 5.25 Å². The number of amides is 1. The molecule has 1 heterocycles. The van der Waals surface area contributed by atoms with Crippen molar-refractivity contribution in [2.75, 3.05) is 12.3 Å². The average Bonchev–Trinajstić information content (AvgIpc) is 2.37. The maximum Gasteiger partial charge on any atom is 0.233 e. The average molecular weight is 268 g/mol. The number of nitrogens with one attached hydrogen (secondary N) is 1.